The van der Waals surface area contributed by atoms with Gasteiger partial charge in [-0.25, -0.2) is 13.9 Å². The van der Waals surface area contributed by atoms with E-state index in [1.54, 1.807) is 18.5 Å². The second-order valence-electron chi connectivity index (χ2n) is 7.06. The van der Waals surface area contributed by atoms with Crippen LogP contribution < -0.4 is 10.2 Å². The zero-order valence-corrected chi connectivity index (χ0v) is 15.4. The number of anilines is 1. The van der Waals surface area contributed by atoms with E-state index in [9.17, 15) is 5.76 Å². The van der Waals surface area contributed by atoms with Gasteiger partial charge in [0.25, 0.3) is 0 Å². The highest BCUT2D eigenvalue weighted by atomic mass is 19.1. The van der Waals surface area contributed by atoms with Crippen molar-refractivity contribution in [2.75, 3.05) is 11.4 Å². The van der Waals surface area contributed by atoms with Crippen molar-refractivity contribution < 1.29 is 11.2 Å². The van der Waals surface area contributed by atoms with Gasteiger partial charge in [-0.15, -0.1) is 0 Å². The summed E-state index contributed by atoms with van der Waals surface area (Å²) in [6, 6.07) is 0.269. The zero-order chi connectivity index (χ0) is 23.8. The molecular weight excluding hydrogens is 355 g/mol. The molecule has 5 rings (SSSR count). The molecule has 0 spiro atoms. The van der Waals surface area contributed by atoms with Crippen LogP contribution in [-0.4, -0.2) is 32.2 Å². The van der Waals surface area contributed by atoms with Crippen LogP contribution in [0.2, 0.25) is 0 Å². The first kappa shape index (κ1) is 12.5. The molecule has 0 amide bonds. The Morgan fingerprint density at radius 2 is 2.32 bits per heavy atom. The molecule has 0 unspecified atom stereocenters. The summed E-state index contributed by atoms with van der Waals surface area (Å²) in [6.45, 7) is 5.62. The molecule has 3 aromatic heterocycles. The fraction of sp³-hybridized carbons (Fsp3) is 0.381. The molecule has 0 aromatic carbocycles. The van der Waals surface area contributed by atoms with E-state index in [1.807, 2.05) is 6.92 Å². The lowest BCUT2D eigenvalue weighted by atomic mass is 9.98. The maximum Gasteiger partial charge on any atom is 0.166 e. The van der Waals surface area contributed by atoms with E-state index in [4.69, 9.17) is 5.48 Å². The van der Waals surface area contributed by atoms with E-state index in [1.165, 1.54) is 9.42 Å². The summed E-state index contributed by atoms with van der Waals surface area (Å²) in [7, 11) is 0. The van der Waals surface area contributed by atoms with Gasteiger partial charge in [-0.1, -0.05) is 6.58 Å². The van der Waals surface area contributed by atoms with E-state index < -0.39 is 31.1 Å². The highest BCUT2D eigenvalue weighted by Gasteiger charge is 2.30. The van der Waals surface area contributed by atoms with Crippen molar-refractivity contribution in [3.63, 3.8) is 0 Å². The highest BCUT2D eigenvalue weighted by molar-refractivity contribution is 5.74. The Morgan fingerprint density at radius 3 is 3.21 bits per heavy atom. The molecule has 1 fully saturated rings. The topological polar surface area (TPSA) is 58.4 Å². The number of aromatic nitrogens is 4. The SMILES string of the molecule is [2H]C1([2H])CN2c3ccn4ncc(c4n3)C(=C)N[C@H](C)CCc3ncc(F)cc3[C@@]2([2H])C1([2H])[2H]. The van der Waals surface area contributed by atoms with Gasteiger partial charge in [0.15, 0.2) is 5.65 Å². The van der Waals surface area contributed by atoms with Gasteiger partial charge in [0, 0.05) is 35.7 Å². The first-order valence-corrected chi connectivity index (χ1v) is 9.18. The second kappa shape index (κ2) is 6.58. The number of halogens is 1. The molecule has 2 aliphatic rings. The molecule has 7 heteroatoms. The molecule has 3 aromatic rings. The summed E-state index contributed by atoms with van der Waals surface area (Å²) >= 11 is 0. The normalized spacial score (nSPS) is 31.1. The lowest BCUT2D eigenvalue weighted by molar-refractivity contribution is 0.575. The van der Waals surface area contributed by atoms with Crippen molar-refractivity contribution in [3.8, 4) is 0 Å². The summed E-state index contributed by atoms with van der Waals surface area (Å²) < 4.78 is 59.6. The van der Waals surface area contributed by atoms with Gasteiger partial charge in [-0.2, -0.15) is 5.10 Å². The quantitative estimate of drug-likeness (QED) is 0.644. The van der Waals surface area contributed by atoms with E-state index in [0.29, 0.717) is 35.4 Å². The lowest BCUT2D eigenvalue weighted by Crippen LogP contribution is -2.26. The number of rotatable bonds is 0. The van der Waals surface area contributed by atoms with Gasteiger partial charge in [-0.3, -0.25) is 4.98 Å². The van der Waals surface area contributed by atoms with E-state index in [0.717, 1.165) is 12.3 Å². The number of fused-ring (bicyclic) bond motifs is 5. The molecule has 2 aliphatic heterocycles. The monoisotopic (exact) mass is 383 g/mol. The molecule has 0 aliphatic carbocycles. The van der Waals surface area contributed by atoms with E-state index in [-0.39, 0.29) is 17.4 Å². The minimum absolute atomic E-state index is 0.00504. The summed E-state index contributed by atoms with van der Waals surface area (Å²) in [5, 5.41) is 7.62. The van der Waals surface area contributed by atoms with Gasteiger partial charge < -0.3 is 10.2 Å². The average Bonchev–Trinajstić information content (AvgIpc) is 3.23. The first-order chi connectivity index (χ1) is 15.5. The summed E-state index contributed by atoms with van der Waals surface area (Å²) in [6.07, 6.45) is 0.0515. The fourth-order valence-electron chi connectivity index (χ4n) is 3.65. The second-order valence-corrected chi connectivity index (χ2v) is 7.06. The van der Waals surface area contributed by atoms with Crippen LogP contribution in [-0.2, 0) is 6.42 Å². The predicted octanol–water partition coefficient (Wildman–Crippen LogP) is 3.50. The van der Waals surface area contributed by atoms with Gasteiger partial charge >= 0.3 is 0 Å². The Hall–Kier alpha value is -2.96. The number of nitrogens with zero attached hydrogens (tertiary/aromatic N) is 5. The maximum atomic E-state index is 14.4. The first-order valence-electron chi connectivity index (χ1n) is 11.7. The number of nitrogens with one attached hydrogen (secondary N) is 1. The number of aryl methyl sites for hydroxylation is 1. The van der Waals surface area contributed by atoms with Crippen LogP contribution >= 0.6 is 0 Å². The molecule has 1 N–H and O–H groups in total. The van der Waals surface area contributed by atoms with Crippen LogP contribution in [0.4, 0.5) is 10.2 Å². The third kappa shape index (κ3) is 2.82. The van der Waals surface area contributed by atoms with Crippen LogP contribution in [0.25, 0.3) is 11.3 Å². The molecule has 2 atom stereocenters. The molecule has 1 saturated heterocycles. The van der Waals surface area contributed by atoms with Crippen molar-refractivity contribution in [1.82, 2.24) is 24.9 Å². The van der Waals surface area contributed by atoms with Crippen LogP contribution in [0.15, 0.2) is 37.3 Å². The molecule has 6 nitrogen and oxygen atoms in total. The van der Waals surface area contributed by atoms with Crippen LogP contribution in [0, 0.1) is 5.82 Å². The molecule has 0 radical (unpaired) electrons. The molecule has 0 saturated carbocycles. The zero-order valence-electron chi connectivity index (χ0n) is 20.4. The Labute approximate surface area is 170 Å². The Morgan fingerprint density at radius 1 is 1.43 bits per heavy atom. The molecule has 144 valence electrons. The van der Waals surface area contributed by atoms with Gasteiger partial charge in [-0.05, 0) is 50.2 Å². The smallest absolute Gasteiger partial charge is 0.166 e. The van der Waals surface area contributed by atoms with Gasteiger partial charge in [0.05, 0.1) is 25.3 Å². The summed E-state index contributed by atoms with van der Waals surface area (Å²) in [5.41, 5.74) is 2.03. The van der Waals surface area contributed by atoms with Gasteiger partial charge in [0.1, 0.15) is 11.6 Å². The third-order valence-electron chi connectivity index (χ3n) is 5.10. The molecule has 5 heterocycles. The Kier molecular flexibility index (Phi) is 2.93. The van der Waals surface area contributed by atoms with Crippen LogP contribution in [0.5, 0.6) is 0 Å². The standard InChI is InChI=1S/C21H23FN6/c1-13-5-6-18-16(10-15(22)11-23-18)19-4-3-8-27(19)20-7-9-28-21(26-20)17(12-24-28)14(2)25-13/h7,9-13,19,25H,2-6,8H2,1H3/t13-,19-/m1/s1/i3D2,4D2,19D. The minimum atomic E-state index is -2.70. The minimum Gasteiger partial charge on any atom is -0.382 e. The Balaban J connectivity index is 1.83. The molecular formula is C21H23FN6. The lowest BCUT2D eigenvalue weighted by Gasteiger charge is -2.27. The van der Waals surface area contributed by atoms with E-state index >= 15 is 0 Å². The number of hydrogen-bond donors (Lipinski definition) is 1. The summed E-state index contributed by atoms with van der Waals surface area (Å²) in [5.74, 6) is -0.534. The van der Waals surface area contributed by atoms with Crippen molar-refractivity contribution in [3.05, 3.63) is 59.9 Å². The summed E-state index contributed by atoms with van der Waals surface area (Å²) in [4.78, 5) is 10.1. The molecule has 28 heavy (non-hydrogen) atoms. The van der Waals surface area contributed by atoms with Gasteiger partial charge in [0.2, 0.25) is 0 Å². The largest absolute Gasteiger partial charge is 0.382 e. The van der Waals surface area contributed by atoms with Crippen molar-refractivity contribution in [1.29, 1.82) is 0 Å². The Bertz CT molecular complexity index is 1280. The number of pyridine rings is 1. The van der Waals surface area contributed by atoms with Crippen molar-refractivity contribution in [2.45, 2.75) is 44.6 Å². The van der Waals surface area contributed by atoms with E-state index in [2.05, 4.69) is 27.0 Å². The predicted molar refractivity (Wildman–Crippen MR) is 106 cm³/mol. The molecule has 2 bridgehead atoms. The van der Waals surface area contributed by atoms with Crippen LogP contribution in [0.1, 0.15) is 55.8 Å². The highest BCUT2D eigenvalue weighted by Crippen LogP contribution is 2.37. The third-order valence-corrected chi connectivity index (χ3v) is 5.10. The fourth-order valence-corrected chi connectivity index (χ4v) is 3.65. The van der Waals surface area contributed by atoms with Crippen molar-refractivity contribution in [2.24, 2.45) is 0 Å². The maximum absolute atomic E-state index is 14.4. The van der Waals surface area contributed by atoms with Crippen molar-refractivity contribution >= 4 is 17.2 Å². The number of hydrogen-bond acceptors (Lipinski definition) is 5. The average molecular weight is 383 g/mol. The van der Waals surface area contributed by atoms with Crippen LogP contribution in [0.3, 0.4) is 0 Å².